The zero-order valence-corrected chi connectivity index (χ0v) is 13.7. The Labute approximate surface area is 133 Å². The fraction of sp³-hybridized carbons (Fsp3) is 0.500. The summed E-state index contributed by atoms with van der Waals surface area (Å²) in [6, 6.07) is 3.77. The van der Waals surface area contributed by atoms with Gasteiger partial charge in [0.1, 0.15) is 0 Å². The monoisotopic (exact) mass is 352 g/mol. The van der Waals surface area contributed by atoms with Crippen molar-refractivity contribution in [3.8, 4) is 0 Å². The third-order valence-corrected chi connectivity index (χ3v) is 4.19. The molecular formula is C14H19F3N2O3S. The molecule has 0 aliphatic heterocycles. The minimum absolute atomic E-state index is 0.0753. The summed E-state index contributed by atoms with van der Waals surface area (Å²) in [6.45, 7) is 2.23. The first kappa shape index (κ1) is 19.3. The normalized spacial score (nSPS) is 12.0. The van der Waals surface area contributed by atoms with Gasteiger partial charge < -0.3 is 5.32 Å². The summed E-state index contributed by atoms with van der Waals surface area (Å²) in [5, 5.41) is 2.61. The summed E-state index contributed by atoms with van der Waals surface area (Å²) in [6.07, 6.45) is -2.88. The molecule has 1 rings (SSSR count). The van der Waals surface area contributed by atoms with Crippen molar-refractivity contribution in [2.45, 2.75) is 25.9 Å². The zero-order chi connectivity index (χ0) is 17.7. The lowest BCUT2D eigenvalue weighted by atomic mass is 10.2. The summed E-state index contributed by atoms with van der Waals surface area (Å²) < 4.78 is 62.2. The third kappa shape index (κ3) is 6.09. The fourth-order valence-corrected chi connectivity index (χ4v) is 2.79. The topological polar surface area (TPSA) is 66.5 Å². The first-order chi connectivity index (χ1) is 10.6. The van der Waals surface area contributed by atoms with Gasteiger partial charge in [-0.1, -0.05) is 6.92 Å². The Morgan fingerprint density at radius 3 is 2.22 bits per heavy atom. The minimum atomic E-state index is -4.49. The number of carbonyl (C=O) groups is 1. The van der Waals surface area contributed by atoms with E-state index in [-0.39, 0.29) is 24.6 Å². The van der Waals surface area contributed by atoms with Crippen LogP contribution in [0.5, 0.6) is 0 Å². The molecule has 0 fully saturated rings. The Balaban J connectivity index is 2.89. The van der Waals surface area contributed by atoms with E-state index in [1.165, 1.54) is 0 Å². The molecule has 0 unspecified atom stereocenters. The van der Waals surface area contributed by atoms with E-state index in [4.69, 9.17) is 0 Å². The molecule has 0 atom stereocenters. The number of amides is 1. The number of hydrogen-bond donors (Lipinski definition) is 1. The summed E-state index contributed by atoms with van der Waals surface area (Å²) in [7, 11) is -3.71. The zero-order valence-electron chi connectivity index (χ0n) is 12.9. The fourth-order valence-electron chi connectivity index (χ4n) is 1.86. The highest BCUT2D eigenvalue weighted by Crippen LogP contribution is 2.30. The molecule has 0 bridgehead atoms. The quantitative estimate of drug-likeness (QED) is 0.819. The first-order valence-electron chi connectivity index (χ1n) is 6.97. The predicted octanol–water partition coefficient (Wildman–Crippen LogP) is 2.39. The van der Waals surface area contributed by atoms with Gasteiger partial charge in [0.25, 0.3) is 0 Å². The number of nitrogens with zero attached hydrogens (tertiary/aromatic N) is 1. The van der Waals surface area contributed by atoms with Crippen LogP contribution in [0.2, 0.25) is 0 Å². The van der Waals surface area contributed by atoms with Gasteiger partial charge in [0.2, 0.25) is 15.9 Å². The van der Waals surface area contributed by atoms with Crippen molar-refractivity contribution in [2.75, 3.05) is 23.7 Å². The number of halogens is 3. The molecule has 0 spiro atoms. The van der Waals surface area contributed by atoms with Gasteiger partial charge in [0.05, 0.1) is 17.5 Å². The first-order valence-corrected chi connectivity index (χ1v) is 8.82. The SMILES string of the molecule is CCCNC(=O)CCN(c1ccc(C(F)(F)F)cc1)S(C)(=O)=O. The number of nitrogens with one attached hydrogen (secondary N) is 1. The second kappa shape index (κ2) is 7.67. The number of benzene rings is 1. The van der Waals surface area contributed by atoms with E-state index < -0.39 is 21.8 Å². The van der Waals surface area contributed by atoms with Crippen molar-refractivity contribution in [3.63, 3.8) is 0 Å². The van der Waals surface area contributed by atoms with Crippen molar-refractivity contribution in [1.82, 2.24) is 5.32 Å². The van der Waals surface area contributed by atoms with Crippen molar-refractivity contribution < 1.29 is 26.4 Å². The van der Waals surface area contributed by atoms with E-state index in [2.05, 4.69) is 5.32 Å². The van der Waals surface area contributed by atoms with Gasteiger partial charge in [0, 0.05) is 19.5 Å². The molecule has 130 valence electrons. The summed E-state index contributed by atoms with van der Waals surface area (Å²) >= 11 is 0. The van der Waals surface area contributed by atoms with Gasteiger partial charge in [-0.05, 0) is 30.7 Å². The molecule has 1 aromatic carbocycles. The second-order valence-electron chi connectivity index (χ2n) is 4.98. The van der Waals surface area contributed by atoms with E-state index in [1.54, 1.807) is 0 Å². The van der Waals surface area contributed by atoms with E-state index in [0.717, 1.165) is 41.2 Å². The molecule has 0 radical (unpaired) electrons. The molecule has 0 aromatic heterocycles. The number of anilines is 1. The summed E-state index contributed by atoms with van der Waals surface area (Å²) in [4.78, 5) is 11.6. The minimum Gasteiger partial charge on any atom is -0.356 e. The van der Waals surface area contributed by atoms with Crippen LogP contribution in [0, 0.1) is 0 Å². The van der Waals surface area contributed by atoms with E-state index in [1.807, 2.05) is 6.92 Å². The van der Waals surface area contributed by atoms with Crippen molar-refractivity contribution in [2.24, 2.45) is 0 Å². The molecular weight excluding hydrogens is 333 g/mol. The molecule has 0 heterocycles. The Bertz CT molecular complexity index is 628. The van der Waals surface area contributed by atoms with Crippen LogP contribution in [0.3, 0.4) is 0 Å². The molecule has 0 saturated heterocycles. The lowest BCUT2D eigenvalue weighted by molar-refractivity contribution is -0.137. The Morgan fingerprint density at radius 1 is 1.22 bits per heavy atom. The second-order valence-corrected chi connectivity index (χ2v) is 6.89. The number of sulfonamides is 1. The number of alkyl halides is 3. The average molecular weight is 352 g/mol. The molecule has 23 heavy (non-hydrogen) atoms. The number of rotatable bonds is 7. The summed E-state index contributed by atoms with van der Waals surface area (Å²) in [5.41, 5.74) is -0.779. The standard InChI is InChI=1S/C14H19F3N2O3S/c1-3-9-18-13(20)8-10-19(23(2,21)22)12-6-4-11(5-7-12)14(15,16)17/h4-7H,3,8-10H2,1-2H3,(H,18,20). The summed E-state index contributed by atoms with van der Waals surface area (Å²) in [5.74, 6) is -0.313. The molecule has 0 aliphatic rings. The maximum atomic E-state index is 12.5. The van der Waals surface area contributed by atoms with Gasteiger partial charge in [-0.25, -0.2) is 8.42 Å². The molecule has 0 aliphatic carbocycles. The smallest absolute Gasteiger partial charge is 0.356 e. The van der Waals surface area contributed by atoms with Gasteiger partial charge in [-0.2, -0.15) is 13.2 Å². The molecule has 5 nitrogen and oxygen atoms in total. The van der Waals surface area contributed by atoms with Gasteiger partial charge >= 0.3 is 6.18 Å². The van der Waals surface area contributed by atoms with Crippen molar-refractivity contribution >= 4 is 21.6 Å². The molecule has 9 heteroatoms. The Kier molecular flexibility index (Phi) is 6.43. The van der Waals surface area contributed by atoms with Crippen molar-refractivity contribution in [1.29, 1.82) is 0 Å². The van der Waals surface area contributed by atoms with Crippen LogP contribution in [-0.4, -0.2) is 33.7 Å². The molecule has 1 aromatic rings. The predicted molar refractivity (Wildman–Crippen MR) is 81.6 cm³/mol. The van der Waals surface area contributed by atoms with Crippen LogP contribution in [0.1, 0.15) is 25.3 Å². The average Bonchev–Trinajstić information content (AvgIpc) is 2.43. The third-order valence-electron chi connectivity index (χ3n) is 3.00. The molecule has 1 N–H and O–H groups in total. The molecule has 0 saturated carbocycles. The largest absolute Gasteiger partial charge is 0.416 e. The van der Waals surface area contributed by atoms with Gasteiger partial charge in [-0.3, -0.25) is 9.10 Å². The lowest BCUT2D eigenvalue weighted by Crippen LogP contribution is -2.34. The Morgan fingerprint density at radius 2 is 1.78 bits per heavy atom. The highest BCUT2D eigenvalue weighted by Gasteiger charge is 2.30. The highest BCUT2D eigenvalue weighted by molar-refractivity contribution is 7.92. The maximum absolute atomic E-state index is 12.5. The van der Waals surface area contributed by atoms with E-state index >= 15 is 0 Å². The Hall–Kier alpha value is -1.77. The van der Waals surface area contributed by atoms with Crippen LogP contribution >= 0.6 is 0 Å². The lowest BCUT2D eigenvalue weighted by Gasteiger charge is -2.22. The van der Waals surface area contributed by atoms with Gasteiger partial charge in [-0.15, -0.1) is 0 Å². The van der Waals surface area contributed by atoms with Crippen LogP contribution in [0.4, 0.5) is 18.9 Å². The number of carbonyl (C=O) groups excluding carboxylic acids is 1. The highest BCUT2D eigenvalue weighted by atomic mass is 32.2. The van der Waals surface area contributed by atoms with Crippen LogP contribution in [0.15, 0.2) is 24.3 Å². The number of hydrogen-bond acceptors (Lipinski definition) is 3. The van der Waals surface area contributed by atoms with Gasteiger partial charge in [0.15, 0.2) is 0 Å². The van der Waals surface area contributed by atoms with Crippen LogP contribution in [0.25, 0.3) is 0 Å². The van der Waals surface area contributed by atoms with Crippen LogP contribution in [-0.2, 0) is 21.0 Å². The maximum Gasteiger partial charge on any atom is 0.416 e. The van der Waals surface area contributed by atoms with E-state index in [0.29, 0.717) is 6.54 Å². The van der Waals surface area contributed by atoms with Crippen LogP contribution < -0.4 is 9.62 Å². The molecule has 1 amide bonds. The van der Waals surface area contributed by atoms with E-state index in [9.17, 15) is 26.4 Å². The van der Waals surface area contributed by atoms with Crippen molar-refractivity contribution in [3.05, 3.63) is 29.8 Å².